The van der Waals surface area contributed by atoms with Gasteiger partial charge in [-0.1, -0.05) is 58.9 Å². The lowest BCUT2D eigenvalue weighted by atomic mass is 9.32. The van der Waals surface area contributed by atoms with Gasteiger partial charge >= 0.3 is 5.97 Å². The van der Waals surface area contributed by atoms with Crippen LogP contribution < -0.4 is 5.32 Å². The smallest absolute Gasteiger partial charge is 0.340 e. The molecule has 3 unspecified atom stereocenters. The fourth-order valence-electron chi connectivity index (χ4n) is 12.8. The van der Waals surface area contributed by atoms with Crippen LogP contribution in [0.4, 0.5) is 5.69 Å². The van der Waals surface area contributed by atoms with Gasteiger partial charge in [0.25, 0.3) is 0 Å². The number of ether oxygens (including phenoxy) is 1. The van der Waals surface area contributed by atoms with E-state index in [-0.39, 0.29) is 45.1 Å². The number of anilines is 1. The number of para-hydroxylation sites is 1. The highest BCUT2D eigenvalue weighted by Gasteiger charge is 2.71. The molecule has 5 saturated carbocycles. The minimum atomic E-state index is -0.349. The van der Waals surface area contributed by atoms with Gasteiger partial charge in [-0.3, -0.25) is 4.79 Å². The zero-order chi connectivity index (χ0) is 31.9. The second-order valence-corrected chi connectivity index (χ2v) is 17.2. The Morgan fingerprint density at radius 2 is 1.61 bits per heavy atom. The van der Waals surface area contributed by atoms with E-state index in [1.54, 1.807) is 12.1 Å². The molecule has 0 radical (unpaired) electrons. The third kappa shape index (κ3) is 4.48. The molecule has 10 atom stereocenters. The Labute approximate surface area is 266 Å². The van der Waals surface area contributed by atoms with Gasteiger partial charge in [0.2, 0.25) is 5.91 Å². The Kier molecular flexibility index (Phi) is 7.75. The summed E-state index contributed by atoms with van der Waals surface area (Å²) in [5, 5.41) is 13.9. The van der Waals surface area contributed by atoms with Gasteiger partial charge in [-0.05, 0) is 135 Å². The molecule has 5 fully saturated rings. The fraction of sp³-hybridized carbons (Fsp3) is 0.744. The molecule has 5 heteroatoms. The second-order valence-electron chi connectivity index (χ2n) is 17.2. The van der Waals surface area contributed by atoms with E-state index in [0.717, 1.165) is 32.1 Å². The maximum absolute atomic E-state index is 13.5. The van der Waals surface area contributed by atoms with Crippen LogP contribution in [0.15, 0.2) is 36.4 Å². The Balaban J connectivity index is 1.30. The predicted molar refractivity (Wildman–Crippen MR) is 176 cm³/mol. The summed E-state index contributed by atoms with van der Waals surface area (Å²) in [7, 11) is 0. The first-order chi connectivity index (χ1) is 20.6. The summed E-state index contributed by atoms with van der Waals surface area (Å²) in [6.45, 7) is 21.2. The normalized spacial score (nSPS) is 43.9. The fourth-order valence-corrected chi connectivity index (χ4v) is 12.8. The Morgan fingerprint density at radius 3 is 2.32 bits per heavy atom. The molecule has 44 heavy (non-hydrogen) atoms. The van der Waals surface area contributed by atoms with Gasteiger partial charge in [-0.25, -0.2) is 4.79 Å². The van der Waals surface area contributed by atoms with Crippen molar-refractivity contribution in [3.8, 4) is 0 Å². The van der Waals surface area contributed by atoms with E-state index in [1.165, 1.54) is 44.6 Å². The summed E-state index contributed by atoms with van der Waals surface area (Å²) >= 11 is 0. The van der Waals surface area contributed by atoms with Gasteiger partial charge in [-0.15, -0.1) is 0 Å². The lowest BCUT2D eigenvalue weighted by Gasteiger charge is -2.73. The molecule has 1 aromatic rings. The summed E-state index contributed by atoms with van der Waals surface area (Å²) < 4.78 is 6.24. The second kappa shape index (κ2) is 10.7. The molecule has 5 aliphatic carbocycles. The van der Waals surface area contributed by atoms with E-state index in [2.05, 4.69) is 53.4 Å². The molecule has 2 N–H and O–H groups in total. The van der Waals surface area contributed by atoms with Crippen LogP contribution in [-0.4, -0.2) is 29.7 Å². The first-order valence-corrected chi connectivity index (χ1v) is 17.5. The average Bonchev–Trinajstić information content (AvgIpc) is 3.35. The molecule has 242 valence electrons. The van der Waals surface area contributed by atoms with Crippen LogP contribution in [0, 0.1) is 56.7 Å². The number of carbonyl (C=O) groups is 2. The molecule has 0 spiro atoms. The van der Waals surface area contributed by atoms with E-state index in [9.17, 15) is 14.7 Å². The molecular formula is C39H57NO4. The third-order valence-electron chi connectivity index (χ3n) is 15.2. The quantitative estimate of drug-likeness (QED) is 0.260. The molecule has 0 aliphatic heterocycles. The van der Waals surface area contributed by atoms with Crippen molar-refractivity contribution in [1.82, 2.24) is 0 Å². The molecule has 0 bridgehead atoms. The maximum atomic E-state index is 13.5. The van der Waals surface area contributed by atoms with Gasteiger partial charge in [0.1, 0.15) is 0 Å². The van der Waals surface area contributed by atoms with E-state index in [0.29, 0.717) is 47.4 Å². The van der Waals surface area contributed by atoms with Crippen LogP contribution in [0.25, 0.3) is 0 Å². The number of hydrogen-bond donors (Lipinski definition) is 2. The number of rotatable bonds is 5. The standard InChI is InChI=1S/C39H57NO4/c1-24(2)26-15-20-39(23-44-34(43)27-11-9-10-12-29(27)40-25(3)41)22-21-37(7)28(33(26)39)13-14-31-36(6)18-17-32(42)35(4,5)30(36)16-19-38(31,37)8/h9-12,26,28,30-33,42H,1,13-23H2,2-8H3,(H,40,41)/t26-,28?,30-,31?,32-,33?,36-,37+,38+,39+/m0/s1. The first kappa shape index (κ1) is 31.8. The first-order valence-electron chi connectivity index (χ1n) is 17.5. The SMILES string of the molecule is C=C(C)[C@@H]1CC[C@]2(COC(=O)c3ccccc3NC(C)=O)CC[C@]3(C)C(CCC4[C@@]5(C)CC[C@H](O)C(C)(C)[C@@H]5CC[C@]43C)C12. The third-order valence-corrected chi connectivity index (χ3v) is 15.2. The van der Waals surface area contributed by atoms with Crippen LogP contribution in [0.1, 0.15) is 123 Å². The van der Waals surface area contributed by atoms with Crippen molar-refractivity contribution in [1.29, 1.82) is 0 Å². The number of esters is 1. The lowest BCUT2D eigenvalue weighted by molar-refractivity contribution is -0.249. The number of allylic oxidation sites excluding steroid dienone is 1. The van der Waals surface area contributed by atoms with Crippen LogP contribution in [0.5, 0.6) is 0 Å². The summed E-state index contributed by atoms with van der Waals surface area (Å²) in [6, 6.07) is 7.16. The van der Waals surface area contributed by atoms with E-state index >= 15 is 0 Å². The Hall–Kier alpha value is -2.14. The molecule has 6 rings (SSSR count). The summed E-state index contributed by atoms with van der Waals surface area (Å²) in [4.78, 5) is 25.3. The molecule has 5 aliphatic rings. The van der Waals surface area contributed by atoms with Crippen molar-refractivity contribution in [2.45, 2.75) is 119 Å². The van der Waals surface area contributed by atoms with Crippen LogP contribution in [0.2, 0.25) is 0 Å². The summed E-state index contributed by atoms with van der Waals surface area (Å²) in [5.41, 5.74) is 2.88. The summed E-state index contributed by atoms with van der Waals surface area (Å²) in [5.74, 6) is 2.19. The van der Waals surface area contributed by atoms with Gasteiger partial charge in [0, 0.05) is 12.3 Å². The highest BCUT2D eigenvalue weighted by Crippen LogP contribution is 2.77. The van der Waals surface area contributed by atoms with Crippen LogP contribution >= 0.6 is 0 Å². The number of nitrogens with one attached hydrogen (secondary N) is 1. The topological polar surface area (TPSA) is 75.6 Å². The molecule has 1 aromatic carbocycles. The van der Waals surface area contributed by atoms with Crippen molar-refractivity contribution in [3.63, 3.8) is 0 Å². The van der Waals surface area contributed by atoms with Crippen LogP contribution in [-0.2, 0) is 9.53 Å². The summed E-state index contributed by atoms with van der Waals surface area (Å²) in [6.07, 6.45) is 11.3. The maximum Gasteiger partial charge on any atom is 0.340 e. The van der Waals surface area contributed by atoms with E-state index < -0.39 is 0 Å². The number of aliphatic hydroxyl groups is 1. The highest BCUT2D eigenvalue weighted by molar-refractivity contribution is 6.00. The molecule has 5 nitrogen and oxygen atoms in total. The largest absolute Gasteiger partial charge is 0.461 e. The number of hydrogen-bond acceptors (Lipinski definition) is 4. The molecule has 0 heterocycles. The number of fused-ring (bicyclic) bond motifs is 7. The van der Waals surface area contributed by atoms with Gasteiger partial charge in [0.15, 0.2) is 0 Å². The minimum absolute atomic E-state index is 0.0341. The molecular weight excluding hydrogens is 546 g/mol. The number of aliphatic hydroxyl groups excluding tert-OH is 1. The number of benzene rings is 1. The predicted octanol–water partition coefficient (Wildman–Crippen LogP) is 8.82. The monoisotopic (exact) mass is 603 g/mol. The molecule has 1 amide bonds. The van der Waals surface area contributed by atoms with E-state index in [4.69, 9.17) is 4.74 Å². The van der Waals surface area contributed by atoms with Crippen molar-refractivity contribution < 1.29 is 19.4 Å². The Bertz CT molecular complexity index is 1330. The van der Waals surface area contributed by atoms with Crippen molar-refractivity contribution >= 4 is 17.6 Å². The zero-order valence-electron chi connectivity index (χ0n) is 28.4. The Morgan fingerprint density at radius 1 is 0.886 bits per heavy atom. The number of amides is 1. The van der Waals surface area contributed by atoms with Gasteiger partial charge < -0.3 is 15.2 Å². The van der Waals surface area contributed by atoms with Crippen LogP contribution in [0.3, 0.4) is 0 Å². The van der Waals surface area contributed by atoms with Crippen molar-refractivity contribution in [2.75, 3.05) is 11.9 Å². The number of carbonyl (C=O) groups excluding carboxylic acids is 2. The van der Waals surface area contributed by atoms with Gasteiger partial charge in [-0.2, -0.15) is 0 Å². The highest BCUT2D eigenvalue weighted by atomic mass is 16.5. The van der Waals surface area contributed by atoms with Crippen molar-refractivity contribution in [3.05, 3.63) is 42.0 Å². The molecule has 0 saturated heterocycles. The minimum Gasteiger partial charge on any atom is -0.461 e. The lowest BCUT2D eigenvalue weighted by Crippen LogP contribution is -2.66. The molecule has 0 aromatic heterocycles. The van der Waals surface area contributed by atoms with Gasteiger partial charge in [0.05, 0.1) is 24.0 Å². The van der Waals surface area contributed by atoms with Crippen molar-refractivity contribution in [2.24, 2.45) is 56.7 Å². The zero-order valence-corrected chi connectivity index (χ0v) is 28.4. The average molecular weight is 604 g/mol. The van der Waals surface area contributed by atoms with E-state index in [1.807, 2.05) is 12.1 Å².